The number of hydrogen-bond donors (Lipinski definition) is 2. The highest BCUT2D eigenvalue weighted by atomic mass is 16.5. The maximum Gasteiger partial charge on any atom is 0.217 e. The Bertz CT molecular complexity index is 889. The Balaban J connectivity index is 2.23. The van der Waals surface area contributed by atoms with Gasteiger partial charge in [-0.1, -0.05) is 42.5 Å². The highest BCUT2D eigenvalue weighted by molar-refractivity contribution is 5.89. The predicted molar refractivity (Wildman–Crippen MR) is 94.3 cm³/mol. The van der Waals surface area contributed by atoms with E-state index in [0.29, 0.717) is 11.3 Å². The van der Waals surface area contributed by atoms with Crippen molar-refractivity contribution in [1.29, 1.82) is 0 Å². The standard InChI is InChI=1S/C20H19NO3/c1-13(22)21-20(15-7-5-8-16(12-15)24-2)19-17-9-4-3-6-14(17)10-11-18(19)23/h3-12,20,23H,1-2H3,(H,21,22). The van der Waals surface area contributed by atoms with Crippen molar-refractivity contribution in [3.05, 3.63) is 71.8 Å². The summed E-state index contributed by atoms with van der Waals surface area (Å²) in [6, 6.07) is 18.3. The number of hydrogen-bond acceptors (Lipinski definition) is 3. The monoisotopic (exact) mass is 321 g/mol. The maximum absolute atomic E-state index is 11.8. The second-order valence-electron chi connectivity index (χ2n) is 5.63. The van der Waals surface area contributed by atoms with Crippen LogP contribution in [0.15, 0.2) is 60.7 Å². The van der Waals surface area contributed by atoms with E-state index >= 15 is 0 Å². The molecule has 0 aliphatic rings. The first kappa shape index (κ1) is 15.9. The maximum atomic E-state index is 11.8. The Hall–Kier alpha value is -3.01. The molecule has 3 rings (SSSR count). The SMILES string of the molecule is COc1cccc(C(NC(C)=O)c2c(O)ccc3ccccc23)c1. The van der Waals surface area contributed by atoms with Gasteiger partial charge in [-0.05, 0) is 34.5 Å². The summed E-state index contributed by atoms with van der Waals surface area (Å²) < 4.78 is 5.29. The Morgan fingerprint density at radius 2 is 1.88 bits per heavy atom. The van der Waals surface area contributed by atoms with E-state index in [1.165, 1.54) is 6.92 Å². The molecule has 2 N–H and O–H groups in total. The largest absolute Gasteiger partial charge is 0.508 e. The fourth-order valence-electron chi connectivity index (χ4n) is 2.93. The van der Waals surface area contributed by atoms with Crippen molar-refractivity contribution in [2.24, 2.45) is 0 Å². The van der Waals surface area contributed by atoms with Gasteiger partial charge in [-0.2, -0.15) is 0 Å². The fourth-order valence-corrected chi connectivity index (χ4v) is 2.93. The number of carbonyl (C=O) groups excluding carboxylic acids is 1. The summed E-state index contributed by atoms with van der Waals surface area (Å²) in [5.74, 6) is 0.674. The summed E-state index contributed by atoms with van der Waals surface area (Å²) in [5.41, 5.74) is 1.52. The van der Waals surface area contributed by atoms with Gasteiger partial charge in [-0.15, -0.1) is 0 Å². The summed E-state index contributed by atoms with van der Waals surface area (Å²) >= 11 is 0. The number of benzene rings is 3. The number of aromatic hydroxyl groups is 1. The molecule has 0 radical (unpaired) electrons. The van der Waals surface area contributed by atoms with Crippen molar-refractivity contribution >= 4 is 16.7 Å². The van der Waals surface area contributed by atoms with Crippen LogP contribution in [0.5, 0.6) is 11.5 Å². The number of ether oxygens (including phenoxy) is 1. The molecule has 4 heteroatoms. The van der Waals surface area contributed by atoms with Gasteiger partial charge in [-0.25, -0.2) is 0 Å². The zero-order chi connectivity index (χ0) is 17.1. The number of rotatable bonds is 4. The first-order valence-electron chi connectivity index (χ1n) is 7.72. The third-order valence-corrected chi connectivity index (χ3v) is 4.01. The number of phenols is 1. The van der Waals surface area contributed by atoms with Crippen LogP contribution in [0.25, 0.3) is 10.8 Å². The summed E-state index contributed by atoms with van der Waals surface area (Å²) in [6.45, 7) is 1.47. The molecule has 0 aliphatic carbocycles. The quantitative estimate of drug-likeness (QED) is 0.769. The zero-order valence-electron chi connectivity index (χ0n) is 13.6. The van der Waals surface area contributed by atoms with Gasteiger partial charge in [0.2, 0.25) is 5.91 Å². The Morgan fingerprint density at radius 3 is 2.62 bits per heavy atom. The van der Waals surface area contributed by atoms with Crippen LogP contribution in [-0.4, -0.2) is 18.1 Å². The van der Waals surface area contributed by atoms with Crippen LogP contribution in [0.1, 0.15) is 24.1 Å². The third kappa shape index (κ3) is 3.04. The summed E-state index contributed by atoms with van der Waals surface area (Å²) in [7, 11) is 1.60. The second-order valence-corrected chi connectivity index (χ2v) is 5.63. The predicted octanol–water partition coefficient (Wildman–Crippen LogP) is 3.78. The van der Waals surface area contributed by atoms with Crippen LogP contribution in [-0.2, 0) is 4.79 Å². The molecule has 1 amide bonds. The van der Waals surface area contributed by atoms with Gasteiger partial charge in [0.1, 0.15) is 11.5 Å². The summed E-state index contributed by atoms with van der Waals surface area (Å²) in [5, 5.41) is 15.3. The lowest BCUT2D eigenvalue weighted by molar-refractivity contribution is -0.119. The van der Waals surface area contributed by atoms with E-state index in [4.69, 9.17) is 4.74 Å². The van der Waals surface area contributed by atoms with E-state index in [2.05, 4.69) is 5.32 Å². The molecule has 1 atom stereocenters. The van der Waals surface area contributed by atoms with E-state index < -0.39 is 6.04 Å². The van der Waals surface area contributed by atoms with Crippen LogP contribution >= 0.6 is 0 Å². The molecule has 0 fully saturated rings. The lowest BCUT2D eigenvalue weighted by Crippen LogP contribution is -2.27. The second kappa shape index (κ2) is 6.62. The molecule has 0 aromatic heterocycles. The topological polar surface area (TPSA) is 58.6 Å². The third-order valence-electron chi connectivity index (χ3n) is 4.01. The molecule has 0 saturated carbocycles. The van der Waals surface area contributed by atoms with E-state index in [0.717, 1.165) is 16.3 Å². The highest BCUT2D eigenvalue weighted by Crippen LogP contribution is 2.36. The average Bonchev–Trinajstić information content (AvgIpc) is 2.60. The molecule has 3 aromatic carbocycles. The molecule has 0 spiro atoms. The van der Waals surface area contributed by atoms with Crippen LogP contribution in [0.4, 0.5) is 0 Å². The lowest BCUT2D eigenvalue weighted by Gasteiger charge is -2.22. The number of methoxy groups -OCH3 is 1. The van der Waals surface area contributed by atoms with Gasteiger partial charge in [0, 0.05) is 12.5 Å². The Labute approximate surface area is 140 Å². The molecule has 122 valence electrons. The van der Waals surface area contributed by atoms with Crippen LogP contribution < -0.4 is 10.1 Å². The van der Waals surface area contributed by atoms with Gasteiger partial charge in [0.05, 0.1) is 13.2 Å². The molecule has 0 bridgehead atoms. The van der Waals surface area contributed by atoms with Crippen molar-refractivity contribution < 1.29 is 14.6 Å². The van der Waals surface area contributed by atoms with Gasteiger partial charge < -0.3 is 15.2 Å². The minimum absolute atomic E-state index is 0.148. The zero-order valence-corrected chi connectivity index (χ0v) is 13.6. The Morgan fingerprint density at radius 1 is 1.08 bits per heavy atom. The molecule has 0 saturated heterocycles. The smallest absolute Gasteiger partial charge is 0.217 e. The van der Waals surface area contributed by atoms with E-state index in [1.54, 1.807) is 13.2 Å². The van der Waals surface area contributed by atoms with Gasteiger partial charge in [0.25, 0.3) is 0 Å². The minimum atomic E-state index is -0.469. The minimum Gasteiger partial charge on any atom is -0.508 e. The fraction of sp³-hybridized carbons (Fsp3) is 0.150. The van der Waals surface area contributed by atoms with Crippen molar-refractivity contribution in [2.75, 3.05) is 7.11 Å². The van der Waals surface area contributed by atoms with Crippen LogP contribution in [0, 0.1) is 0 Å². The average molecular weight is 321 g/mol. The van der Waals surface area contributed by atoms with E-state index in [-0.39, 0.29) is 11.7 Å². The number of fused-ring (bicyclic) bond motifs is 1. The number of phenolic OH excluding ortho intramolecular Hbond substituents is 1. The summed E-state index contributed by atoms with van der Waals surface area (Å²) in [6.07, 6.45) is 0. The highest BCUT2D eigenvalue weighted by Gasteiger charge is 2.21. The molecule has 0 heterocycles. The normalized spacial score (nSPS) is 11.9. The molecular weight excluding hydrogens is 302 g/mol. The van der Waals surface area contributed by atoms with Crippen LogP contribution in [0.2, 0.25) is 0 Å². The number of carbonyl (C=O) groups is 1. The molecular formula is C20H19NO3. The first-order valence-corrected chi connectivity index (χ1v) is 7.72. The van der Waals surface area contributed by atoms with Gasteiger partial charge in [0.15, 0.2) is 0 Å². The van der Waals surface area contributed by atoms with Crippen LogP contribution in [0.3, 0.4) is 0 Å². The first-order chi connectivity index (χ1) is 11.6. The van der Waals surface area contributed by atoms with Crippen molar-refractivity contribution in [3.63, 3.8) is 0 Å². The number of amides is 1. The van der Waals surface area contributed by atoms with E-state index in [9.17, 15) is 9.90 Å². The van der Waals surface area contributed by atoms with Gasteiger partial charge in [-0.3, -0.25) is 4.79 Å². The molecule has 24 heavy (non-hydrogen) atoms. The molecule has 4 nitrogen and oxygen atoms in total. The van der Waals surface area contributed by atoms with E-state index in [1.807, 2.05) is 54.6 Å². The van der Waals surface area contributed by atoms with Gasteiger partial charge >= 0.3 is 0 Å². The van der Waals surface area contributed by atoms with Crippen molar-refractivity contribution in [3.8, 4) is 11.5 Å². The molecule has 0 aliphatic heterocycles. The number of nitrogens with one attached hydrogen (secondary N) is 1. The van der Waals surface area contributed by atoms with Crippen molar-refractivity contribution in [1.82, 2.24) is 5.32 Å². The lowest BCUT2D eigenvalue weighted by atomic mass is 9.92. The molecule has 1 unspecified atom stereocenters. The van der Waals surface area contributed by atoms with Crippen molar-refractivity contribution in [2.45, 2.75) is 13.0 Å². The summed E-state index contributed by atoms with van der Waals surface area (Å²) in [4.78, 5) is 11.8. The Kier molecular flexibility index (Phi) is 4.38. The molecule has 3 aromatic rings.